The van der Waals surface area contributed by atoms with Crippen molar-refractivity contribution in [1.82, 2.24) is 0 Å². The number of allylic oxidation sites excluding steroid dienone is 4. The molecule has 2 heteroatoms. The number of unbranched alkanes of at least 4 members (excludes halogenated alkanes) is 1. The van der Waals surface area contributed by atoms with E-state index < -0.39 is 0 Å². The lowest BCUT2D eigenvalue weighted by molar-refractivity contribution is -0.438. The van der Waals surface area contributed by atoms with E-state index in [1.54, 1.807) is 0 Å². The van der Waals surface area contributed by atoms with Crippen molar-refractivity contribution < 1.29 is 4.58 Å². The van der Waals surface area contributed by atoms with Crippen LogP contribution in [0.2, 0.25) is 0 Å². The lowest BCUT2D eigenvalue weighted by Gasteiger charge is -2.27. The summed E-state index contributed by atoms with van der Waals surface area (Å²) in [6, 6.07) is 22.5. The molecule has 3 aromatic carbocycles. The highest BCUT2D eigenvalue weighted by Gasteiger charge is 2.47. The molecule has 0 fully saturated rings. The van der Waals surface area contributed by atoms with Crippen molar-refractivity contribution in [3.05, 3.63) is 95.2 Å². The lowest BCUT2D eigenvalue weighted by atomic mass is 9.77. The smallest absolute Gasteiger partial charge is 0.210 e. The highest BCUT2D eigenvalue weighted by Crippen LogP contribution is 2.48. The van der Waals surface area contributed by atoms with Gasteiger partial charge in [-0.25, -0.2) is 0 Å². The fourth-order valence-electron chi connectivity index (χ4n) is 6.86. The summed E-state index contributed by atoms with van der Waals surface area (Å²) in [4.78, 5) is 2.54. The van der Waals surface area contributed by atoms with E-state index in [9.17, 15) is 0 Å². The van der Waals surface area contributed by atoms with Gasteiger partial charge in [0, 0.05) is 47.0 Å². The molecule has 0 unspecified atom stereocenters. The molecule has 0 saturated carbocycles. The number of anilines is 1. The van der Waals surface area contributed by atoms with Gasteiger partial charge in [0.2, 0.25) is 5.69 Å². The molecule has 37 heavy (non-hydrogen) atoms. The fourth-order valence-corrected chi connectivity index (χ4v) is 6.86. The molecule has 2 aliphatic rings. The SMILES string of the molecule is CCCC[N+]1=C(C(C)=CC=C2N(CCC)c3ccccc3C2(C)C)C(C)(C)c2c1ccc1ccccc21. The maximum Gasteiger partial charge on any atom is 0.210 e. The van der Waals surface area contributed by atoms with Crippen molar-refractivity contribution in [2.75, 3.05) is 18.0 Å². The fraction of sp³-hybridized carbons (Fsp3) is 0.400. The molecule has 0 atom stereocenters. The summed E-state index contributed by atoms with van der Waals surface area (Å²) in [7, 11) is 0. The first-order chi connectivity index (χ1) is 17.7. The van der Waals surface area contributed by atoms with Crippen LogP contribution in [0.5, 0.6) is 0 Å². The minimum atomic E-state index is -0.0692. The number of nitrogens with zero attached hydrogens (tertiary/aromatic N) is 2. The van der Waals surface area contributed by atoms with Crippen molar-refractivity contribution in [2.45, 2.75) is 78.6 Å². The average Bonchev–Trinajstić information content (AvgIpc) is 3.25. The number of rotatable bonds is 7. The summed E-state index contributed by atoms with van der Waals surface area (Å²) in [5.74, 6) is 0. The summed E-state index contributed by atoms with van der Waals surface area (Å²) in [5.41, 5.74) is 9.76. The predicted molar refractivity (Wildman–Crippen MR) is 161 cm³/mol. The zero-order valence-corrected chi connectivity index (χ0v) is 23.9. The summed E-state index contributed by atoms with van der Waals surface area (Å²) >= 11 is 0. The summed E-state index contributed by atoms with van der Waals surface area (Å²) in [6.45, 7) is 18.6. The van der Waals surface area contributed by atoms with Gasteiger partial charge in [-0.2, -0.15) is 4.58 Å². The van der Waals surface area contributed by atoms with E-state index in [2.05, 4.69) is 131 Å². The van der Waals surface area contributed by atoms with Crippen LogP contribution < -0.4 is 4.90 Å². The van der Waals surface area contributed by atoms with Crippen LogP contribution in [-0.2, 0) is 10.8 Å². The molecule has 0 aromatic heterocycles. The molecule has 0 amide bonds. The van der Waals surface area contributed by atoms with Gasteiger partial charge in [0.15, 0.2) is 5.71 Å². The Bertz CT molecular complexity index is 1430. The van der Waals surface area contributed by atoms with Crippen LogP contribution in [0.25, 0.3) is 10.8 Å². The highest BCUT2D eigenvalue weighted by molar-refractivity contribution is 6.10. The van der Waals surface area contributed by atoms with Crippen molar-refractivity contribution in [3.8, 4) is 0 Å². The number of hydrogen-bond acceptors (Lipinski definition) is 1. The van der Waals surface area contributed by atoms with Crippen LogP contribution in [0.4, 0.5) is 11.4 Å². The van der Waals surface area contributed by atoms with Gasteiger partial charge >= 0.3 is 0 Å². The molecule has 3 aromatic rings. The van der Waals surface area contributed by atoms with Crippen LogP contribution in [0.3, 0.4) is 0 Å². The molecule has 0 bridgehead atoms. The first-order valence-corrected chi connectivity index (χ1v) is 14.2. The van der Waals surface area contributed by atoms with E-state index in [0.717, 1.165) is 19.5 Å². The zero-order chi connectivity index (χ0) is 26.4. The Kier molecular flexibility index (Phi) is 6.64. The number of para-hydroxylation sites is 1. The van der Waals surface area contributed by atoms with E-state index in [1.165, 1.54) is 63.1 Å². The maximum absolute atomic E-state index is 2.62. The van der Waals surface area contributed by atoms with Gasteiger partial charge in [0.1, 0.15) is 6.54 Å². The van der Waals surface area contributed by atoms with Gasteiger partial charge in [0.25, 0.3) is 0 Å². The third-order valence-corrected chi connectivity index (χ3v) is 8.53. The van der Waals surface area contributed by atoms with Gasteiger partial charge in [0.05, 0.1) is 5.41 Å². The maximum atomic E-state index is 2.62. The van der Waals surface area contributed by atoms with Crippen LogP contribution in [0.1, 0.15) is 78.9 Å². The molecule has 2 aliphatic heterocycles. The summed E-state index contributed by atoms with van der Waals surface area (Å²) < 4.78 is 2.62. The summed E-state index contributed by atoms with van der Waals surface area (Å²) in [6.07, 6.45) is 8.32. The Morgan fingerprint density at radius 2 is 1.59 bits per heavy atom. The van der Waals surface area contributed by atoms with Crippen LogP contribution in [-0.4, -0.2) is 23.4 Å². The molecule has 0 N–H and O–H groups in total. The minimum Gasteiger partial charge on any atom is -0.344 e. The normalized spacial score (nSPS) is 19.2. The van der Waals surface area contributed by atoms with Gasteiger partial charge in [-0.3, -0.25) is 0 Å². The van der Waals surface area contributed by atoms with Crippen molar-refractivity contribution in [3.63, 3.8) is 0 Å². The second-order valence-electron chi connectivity index (χ2n) is 11.9. The number of fused-ring (bicyclic) bond motifs is 4. The highest BCUT2D eigenvalue weighted by atomic mass is 15.2. The molecule has 0 aliphatic carbocycles. The zero-order valence-electron chi connectivity index (χ0n) is 23.9. The molecular weight excluding hydrogens is 448 g/mol. The first-order valence-electron chi connectivity index (χ1n) is 14.2. The molecule has 0 spiro atoms. The predicted octanol–water partition coefficient (Wildman–Crippen LogP) is 9.05. The Labute approximate surface area is 224 Å². The van der Waals surface area contributed by atoms with Crippen molar-refractivity contribution in [1.29, 1.82) is 0 Å². The third-order valence-electron chi connectivity index (χ3n) is 8.53. The van der Waals surface area contributed by atoms with E-state index in [0.29, 0.717) is 0 Å². The topological polar surface area (TPSA) is 6.25 Å². The monoisotopic (exact) mass is 491 g/mol. The minimum absolute atomic E-state index is 0.0144. The number of benzene rings is 3. The molecule has 2 heterocycles. The second kappa shape index (κ2) is 9.63. The standard InChI is InChI=1S/C35H43N2/c1-8-10-24-37-30-21-20-26-15-11-12-16-27(26)32(30)35(6,7)33(37)25(3)19-22-31-34(4,5)28-17-13-14-18-29(28)36(31)23-9-2/h11-22H,8-10,23-24H2,1-7H3/q+1. The Balaban J connectivity index is 1.64. The Morgan fingerprint density at radius 3 is 2.35 bits per heavy atom. The van der Waals surface area contributed by atoms with Crippen LogP contribution in [0.15, 0.2) is 84.1 Å². The molecule has 0 radical (unpaired) electrons. The van der Waals surface area contributed by atoms with Crippen molar-refractivity contribution >= 4 is 27.9 Å². The van der Waals surface area contributed by atoms with Gasteiger partial charge in [-0.1, -0.05) is 82.7 Å². The van der Waals surface area contributed by atoms with Crippen molar-refractivity contribution in [2.24, 2.45) is 0 Å². The van der Waals surface area contributed by atoms with E-state index in [-0.39, 0.29) is 10.8 Å². The summed E-state index contributed by atoms with van der Waals surface area (Å²) in [5, 5.41) is 2.71. The van der Waals surface area contributed by atoms with Gasteiger partial charge in [-0.15, -0.1) is 0 Å². The largest absolute Gasteiger partial charge is 0.344 e. The average molecular weight is 492 g/mol. The molecule has 0 saturated heterocycles. The van der Waals surface area contributed by atoms with E-state index in [4.69, 9.17) is 0 Å². The van der Waals surface area contributed by atoms with Crippen LogP contribution in [0, 0.1) is 0 Å². The van der Waals surface area contributed by atoms with E-state index >= 15 is 0 Å². The molecule has 5 rings (SSSR count). The molecule has 2 nitrogen and oxygen atoms in total. The molecular formula is C35H43N2+. The lowest BCUT2D eigenvalue weighted by Crippen LogP contribution is -2.31. The number of hydrogen-bond donors (Lipinski definition) is 0. The van der Waals surface area contributed by atoms with Gasteiger partial charge in [-0.05, 0) is 61.7 Å². The quantitative estimate of drug-likeness (QED) is 0.299. The first kappa shape index (κ1) is 25.5. The third kappa shape index (κ3) is 4.06. The van der Waals surface area contributed by atoms with Gasteiger partial charge < -0.3 is 4.90 Å². The second-order valence-corrected chi connectivity index (χ2v) is 11.9. The Hall–Kier alpha value is -3.13. The van der Waals surface area contributed by atoms with E-state index in [1.807, 2.05) is 0 Å². The Morgan fingerprint density at radius 1 is 0.865 bits per heavy atom. The molecule has 192 valence electrons. The van der Waals surface area contributed by atoms with Crippen LogP contribution >= 0.6 is 0 Å².